The average Bonchev–Trinajstić information content (AvgIpc) is 2.15. The molecule has 1 atom stereocenters. The zero-order chi connectivity index (χ0) is 13.1. The summed E-state index contributed by atoms with van der Waals surface area (Å²) in [6.07, 6.45) is 1.61. The van der Waals surface area contributed by atoms with Crippen LogP contribution >= 0.6 is 0 Å². The van der Waals surface area contributed by atoms with Gasteiger partial charge in [0.15, 0.2) is 5.78 Å². The molecule has 0 saturated carbocycles. The van der Waals surface area contributed by atoms with Crippen molar-refractivity contribution in [2.24, 2.45) is 11.3 Å². The average molecular weight is 258 g/mol. The molecule has 1 unspecified atom stereocenters. The van der Waals surface area contributed by atoms with Gasteiger partial charge in [-0.05, 0) is 42.0 Å². The van der Waals surface area contributed by atoms with Gasteiger partial charge in [0.25, 0.3) is 0 Å². The van der Waals surface area contributed by atoms with Crippen molar-refractivity contribution in [3.63, 3.8) is 0 Å². The summed E-state index contributed by atoms with van der Waals surface area (Å²) in [4.78, 5) is 12.0. The third-order valence-corrected chi connectivity index (χ3v) is 2.68. The third-order valence-electron chi connectivity index (χ3n) is 2.68. The van der Waals surface area contributed by atoms with Gasteiger partial charge in [0.2, 0.25) is 0 Å². The number of aromatic hydroxyl groups is 1. The molecule has 1 N–H and O–H groups in total. The van der Waals surface area contributed by atoms with Crippen LogP contribution in [0, 0.1) is 11.3 Å². The Balaban J connectivity index is 0.00000289. The third kappa shape index (κ3) is 6.58. The Morgan fingerprint density at radius 3 is 2.17 bits per heavy atom. The molecule has 0 aliphatic heterocycles. The van der Waals surface area contributed by atoms with Gasteiger partial charge in [-0.2, -0.15) is 0 Å². The summed E-state index contributed by atoms with van der Waals surface area (Å²) in [6.45, 7) is 8.68. The van der Waals surface area contributed by atoms with E-state index in [0.29, 0.717) is 17.9 Å². The summed E-state index contributed by atoms with van der Waals surface area (Å²) < 4.78 is 0. The van der Waals surface area contributed by atoms with E-state index in [1.165, 1.54) is 0 Å². The van der Waals surface area contributed by atoms with Crippen molar-refractivity contribution < 1.29 is 9.90 Å². The predicted molar refractivity (Wildman–Crippen MR) is 77.4 cm³/mol. The molecule has 18 heavy (non-hydrogen) atoms. The molecule has 0 aliphatic rings. The number of phenolic OH excluding ortho intramolecular Hbond substituents is 1. The van der Waals surface area contributed by atoms with Gasteiger partial charge >= 0.3 is 29.6 Å². The van der Waals surface area contributed by atoms with Crippen LogP contribution in [0.1, 0.15) is 50.9 Å². The zero-order valence-electron chi connectivity index (χ0n) is 11.2. The number of hydrogen-bond donors (Lipinski definition) is 1. The zero-order valence-corrected chi connectivity index (χ0v) is 11.2. The Morgan fingerprint density at radius 2 is 1.72 bits per heavy atom. The standard InChI is InChI=1S/C15H22O2.Na.H/c1-11(10-15(2,3)4)9-14(17)12-5-7-13(16)8-6-12;;/h5-8,11,16H,9-10H2,1-4H3;;. The van der Waals surface area contributed by atoms with Crippen LogP contribution in [0.3, 0.4) is 0 Å². The SMILES string of the molecule is CC(CC(=O)c1ccc(O)cc1)CC(C)(C)C.[NaH]. The van der Waals surface area contributed by atoms with E-state index in [2.05, 4.69) is 27.7 Å². The second-order valence-electron chi connectivity index (χ2n) is 6.04. The molecule has 0 aromatic heterocycles. The second kappa shape index (κ2) is 7.32. The number of ketones is 1. The van der Waals surface area contributed by atoms with Crippen molar-refractivity contribution in [1.29, 1.82) is 0 Å². The molecular weight excluding hydrogens is 235 g/mol. The first-order chi connectivity index (χ1) is 7.78. The number of phenols is 1. The van der Waals surface area contributed by atoms with Gasteiger partial charge in [0.1, 0.15) is 5.75 Å². The van der Waals surface area contributed by atoms with Crippen LogP contribution in [0.25, 0.3) is 0 Å². The van der Waals surface area contributed by atoms with E-state index < -0.39 is 0 Å². The van der Waals surface area contributed by atoms with Gasteiger partial charge in [-0.25, -0.2) is 0 Å². The van der Waals surface area contributed by atoms with Crippen LogP contribution in [0.5, 0.6) is 5.75 Å². The van der Waals surface area contributed by atoms with E-state index in [0.717, 1.165) is 6.42 Å². The summed E-state index contributed by atoms with van der Waals surface area (Å²) in [7, 11) is 0. The first kappa shape index (κ1) is 17.7. The summed E-state index contributed by atoms with van der Waals surface area (Å²) in [5.41, 5.74) is 0.942. The van der Waals surface area contributed by atoms with Crippen LogP contribution in [-0.2, 0) is 0 Å². The molecule has 1 aromatic carbocycles. The summed E-state index contributed by atoms with van der Waals surface area (Å²) in [5.74, 6) is 0.738. The van der Waals surface area contributed by atoms with E-state index in [4.69, 9.17) is 5.11 Å². The van der Waals surface area contributed by atoms with E-state index in [9.17, 15) is 4.79 Å². The van der Waals surface area contributed by atoms with E-state index in [-0.39, 0.29) is 46.5 Å². The minimum atomic E-state index is 0. The predicted octanol–water partition coefficient (Wildman–Crippen LogP) is 3.39. The Labute approximate surface area is 132 Å². The van der Waals surface area contributed by atoms with Crippen molar-refractivity contribution in [3.05, 3.63) is 29.8 Å². The fourth-order valence-electron chi connectivity index (χ4n) is 2.20. The number of carbonyl (C=O) groups excluding carboxylic acids is 1. The Kier molecular flexibility index (Phi) is 7.19. The number of hydrogen-bond acceptors (Lipinski definition) is 2. The quantitative estimate of drug-likeness (QED) is 0.664. The number of Topliss-reactive ketones (excluding diaryl/α,β-unsaturated/α-hetero) is 1. The monoisotopic (exact) mass is 258 g/mol. The van der Waals surface area contributed by atoms with E-state index >= 15 is 0 Å². The van der Waals surface area contributed by atoms with Crippen molar-refractivity contribution in [1.82, 2.24) is 0 Å². The fourth-order valence-corrected chi connectivity index (χ4v) is 2.20. The summed E-state index contributed by atoms with van der Waals surface area (Å²) in [6, 6.07) is 6.48. The second-order valence-corrected chi connectivity index (χ2v) is 6.04. The van der Waals surface area contributed by atoms with Gasteiger partial charge in [-0.15, -0.1) is 0 Å². The van der Waals surface area contributed by atoms with Crippen LogP contribution in [0.2, 0.25) is 0 Å². The first-order valence-electron chi connectivity index (χ1n) is 6.10. The molecule has 0 amide bonds. The Bertz CT molecular complexity index is 376. The molecular formula is C15H23NaO2. The maximum absolute atomic E-state index is 12.0. The molecule has 0 radical (unpaired) electrons. The molecule has 0 bridgehead atoms. The Hall–Kier alpha value is -0.310. The molecule has 0 fully saturated rings. The van der Waals surface area contributed by atoms with E-state index in [1.807, 2.05) is 0 Å². The van der Waals surface area contributed by atoms with Gasteiger partial charge < -0.3 is 5.11 Å². The molecule has 1 aromatic rings. The summed E-state index contributed by atoms with van der Waals surface area (Å²) >= 11 is 0. The van der Waals surface area contributed by atoms with Crippen molar-refractivity contribution >= 4 is 35.3 Å². The topological polar surface area (TPSA) is 37.3 Å². The Morgan fingerprint density at radius 1 is 1.22 bits per heavy atom. The molecule has 96 valence electrons. The van der Waals surface area contributed by atoms with Crippen LogP contribution in [-0.4, -0.2) is 40.4 Å². The van der Waals surface area contributed by atoms with Crippen molar-refractivity contribution in [3.8, 4) is 5.75 Å². The van der Waals surface area contributed by atoms with Crippen molar-refractivity contribution in [2.75, 3.05) is 0 Å². The molecule has 1 rings (SSSR count). The first-order valence-corrected chi connectivity index (χ1v) is 6.10. The normalized spacial score (nSPS) is 12.7. The van der Waals surface area contributed by atoms with Crippen LogP contribution < -0.4 is 0 Å². The van der Waals surface area contributed by atoms with Gasteiger partial charge in [-0.3, -0.25) is 4.79 Å². The molecule has 0 aliphatic carbocycles. The van der Waals surface area contributed by atoms with Crippen LogP contribution in [0.15, 0.2) is 24.3 Å². The van der Waals surface area contributed by atoms with Crippen LogP contribution in [0.4, 0.5) is 0 Å². The molecule has 0 saturated heterocycles. The molecule has 3 heteroatoms. The number of carbonyl (C=O) groups is 1. The van der Waals surface area contributed by atoms with Gasteiger partial charge in [0.05, 0.1) is 0 Å². The number of rotatable bonds is 4. The minimum absolute atomic E-state index is 0. The molecule has 2 nitrogen and oxygen atoms in total. The summed E-state index contributed by atoms with van der Waals surface area (Å²) in [5, 5.41) is 9.16. The fraction of sp³-hybridized carbons (Fsp3) is 0.533. The van der Waals surface area contributed by atoms with Gasteiger partial charge in [0, 0.05) is 12.0 Å². The molecule has 0 spiro atoms. The van der Waals surface area contributed by atoms with E-state index in [1.54, 1.807) is 24.3 Å². The van der Waals surface area contributed by atoms with Gasteiger partial charge in [-0.1, -0.05) is 27.7 Å². The van der Waals surface area contributed by atoms with Crippen molar-refractivity contribution in [2.45, 2.75) is 40.5 Å². The maximum atomic E-state index is 12.0. The number of benzene rings is 1. The molecule has 0 heterocycles.